The Balaban J connectivity index is 2.22. The van der Waals surface area contributed by atoms with Gasteiger partial charge in [0.25, 0.3) is 0 Å². The quantitative estimate of drug-likeness (QED) is 0.889. The number of halogens is 2. The molecule has 0 saturated carbocycles. The summed E-state index contributed by atoms with van der Waals surface area (Å²) in [4.78, 5) is 4.16. The molecule has 1 N–H and O–H groups in total. The molecular formula is C13H12Cl2N2O. The van der Waals surface area contributed by atoms with Crippen molar-refractivity contribution in [2.75, 3.05) is 11.9 Å². The van der Waals surface area contributed by atoms with Crippen molar-refractivity contribution in [2.24, 2.45) is 0 Å². The van der Waals surface area contributed by atoms with E-state index in [1.54, 1.807) is 36.5 Å². The predicted molar refractivity (Wildman–Crippen MR) is 74.9 cm³/mol. The zero-order valence-corrected chi connectivity index (χ0v) is 11.3. The smallest absolute Gasteiger partial charge is 0.147 e. The Hall–Kier alpha value is -1.45. The minimum absolute atomic E-state index is 0.515. The second kappa shape index (κ2) is 5.94. The number of rotatable bonds is 4. The van der Waals surface area contributed by atoms with E-state index in [2.05, 4.69) is 10.3 Å². The van der Waals surface area contributed by atoms with E-state index in [9.17, 15) is 0 Å². The van der Waals surface area contributed by atoms with E-state index in [0.717, 1.165) is 12.4 Å². The molecular weight excluding hydrogens is 271 g/mol. The van der Waals surface area contributed by atoms with Crippen LogP contribution in [0.3, 0.4) is 0 Å². The molecule has 1 heterocycles. The summed E-state index contributed by atoms with van der Waals surface area (Å²) in [5.74, 6) is 1.94. The number of nitrogens with one attached hydrogen (secondary N) is 1. The molecule has 0 unspecified atom stereocenters. The Morgan fingerprint density at radius 2 is 2.06 bits per heavy atom. The van der Waals surface area contributed by atoms with Crippen LogP contribution in [0.25, 0.3) is 0 Å². The minimum Gasteiger partial charge on any atom is -0.456 e. The highest BCUT2D eigenvalue weighted by Crippen LogP contribution is 2.32. The van der Waals surface area contributed by atoms with Crippen molar-refractivity contribution >= 4 is 29.0 Å². The normalized spacial score (nSPS) is 10.2. The molecule has 3 nitrogen and oxygen atoms in total. The zero-order chi connectivity index (χ0) is 13.0. The van der Waals surface area contributed by atoms with Gasteiger partial charge in [0.05, 0.1) is 5.02 Å². The summed E-state index contributed by atoms with van der Waals surface area (Å²) in [5, 5.41) is 4.20. The number of hydrogen-bond acceptors (Lipinski definition) is 3. The first-order chi connectivity index (χ1) is 8.69. The maximum absolute atomic E-state index is 6.03. The average Bonchev–Trinajstić information content (AvgIpc) is 2.35. The van der Waals surface area contributed by atoms with Gasteiger partial charge in [0, 0.05) is 29.9 Å². The van der Waals surface area contributed by atoms with Crippen molar-refractivity contribution in [3.63, 3.8) is 0 Å². The van der Waals surface area contributed by atoms with Crippen LogP contribution in [0.15, 0.2) is 36.5 Å². The Morgan fingerprint density at radius 1 is 1.22 bits per heavy atom. The molecule has 94 valence electrons. The molecule has 0 aliphatic rings. The van der Waals surface area contributed by atoms with Crippen molar-refractivity contribution in [3.8, 4) is 11.5 Å². The second-order valence-electron chi connectivity index (χ2n) is 3.58. The third-order valence-electron chi connectivity index (χ3n) is 2.21. The van der Waals surface area contributed by atoms with Gasteiger partial charge < -0.3 is 10.1 Å². The summed E-state index contributed by atoms with van der Waals surface area (Å²) in [6, 6.07) is 8.66. The van der Waals surface area contributed by atoms with E-state index in [4.69, 9.17) is 27.9 Å². The second-order valence-corrected chi connectivity index (χ2v) is 4.43. The predicted octanol–water partition coefficient (Wildman–Crippen LogP) is 4.61. The van der Waals surface area contributed by atoms with Crippen molar-refractivity contribution in [2.45, 2.75) is 6.92 Å². The Morgan fingerprint density at radius 3 is 2.83 bits per heavy atom. The first-order valence-electron chi connectivity index (χ1n) is 5.52. The third-order valence-corrected chi connectivity index (χ3v) is 2.76. The Kier molecular flexibility index (Phi) is 4.28. The lowest BCUT2D eigenvalue weighted by atomic mass is 10.3. The summed E-state index contributed by atoms with van der Waals surface area (Å²) in [7, 11) is 0. The SMILES string of the molecule is CCNc1cc(Oc2cc(Cl)ccc2Cl)ccn1. The van der Waals surface area contributed by atoms with Crippen molar-refractivity contribution < 1.29 is 4.74 Å². The van der Waals surface area contributed by atoms with E-state index in [1.165, 1.54) is 0 Å². The summed E-state index contributed by atoms with van der Waals surface area (Å²) >= 11 is 11.9. The van der Waals surface area contributed by atoms with E-state index >= 15 is 0 Å². The fourth-order valence-corrected chi connectivity index (χ4v) is 1.75. The highest BCUT2D eigenvalue weighted by Gasteiger charge is 2.05. The van der Waals surface area contributed by atoms with Crippen molar-refractivity contribution in [3.05, 3.63) is 46.6 Å². The maximum Gasteiger partial charge on any atom is 0.147 e. The lowest BCUT2D eigenvalue weighted by molar-refractivity contribution is 0.482. The molecule has 0 aliphatic heterocycles. The zero-order valence-electron chi connectivity index (χ0n) is 9.78. The summed E-state index contributed by atoms with van der Waals surface area (Å²) in [6.45, 7) is 2.80. The molecule has 0 saturated heterocycles. The number of ether oxygens (including phenoxy) is 1. The van der Waals surface area contributed by atoms with Gasteiger partial charge in [0.15, 0.2) is 0 Å². The van der Waals surface area contributed by atoms with Crippen LogP contribution < -0.4 is 10.1 Å². The van der Waals surface area contributed by atoms with Crippen LogP contribution in [0, 0.1) is 0 Å². The summed E-state index contributed by atoms with van der Waals surface area (Å²) < 4.78 is 5.68. The fourth-order valence-electron chi connectivity index (χ4n) is 1.43. The van der Waals surface area contributed by atoms with Gasteiger partial charge in [-0.15, -0.1) is 0 Å². The molecule has 0 aliphatic carbocycles. The first-order valence-corrected chi connectivity index (χ1v) is 6.27. The van der Waals surface area contributed by atoms with Crippen LogP contribution >= 0.6 is 23.2 Å². The van der Waals surface area contributed by atoms with Crippen molar-refractivity contribution in [1.29, 1.82) is 0 Å². The average molecular weight is 283 g/mol. The molecule has 18 heavy (non-hydrogen) atoms. The number of benzene rings is 1. The number of anilines is 1. The molecule has 0 atom stereocenters. The molecule has 5 heteroatoms. The van der Waals surface area contributed by atoms with Crippen LogP contribution in [0.2, 0.25) is 10.0 Å². The number of nitrogens with zero attached hydrogens (tertiary/aromatic N) is 1. The lowest BCUT2D eigenvalue weighted by Gasteiger charge is -2.09. The van der Waals surface area contributed by atoms with Gasteiger partial charge >= 0.3 is 0 Å². The number of aromatic nitrogens is 1. The summed E-state index contributed by atoms with van der Waals surface area (Å²) in [6.07, 6.45) is 1.67. The number of pyridine rings is 1. The van der Waals surface area contributed by atoms with Gasteiger partial charge in [0.2, 0.25) is 0 Å². The van der Waals surface area contributed by atoms with Crippen molar-refractivity contribution in [1.82, 2.24) is 4.98 Å². The van der Waals surface area contributed by atoms with E-state index in [0.29, 0.717) is 21.5 Å². The van der Waals surface area contributed by atoms with Crippen LogP contribution in [-0.4, -0.2) is 11.5 Å². The van der Waals surface area contributed by atoms with E-state index in [1.807, 2.05) is 6.92 Å². The topological polar surface area (TPSA) is 34.1 Å². The highest BCUT2D eigenvalue weighted by molar-refractivity contribution is 6.34. The standard InChI is InChI=1S/C13H12Cl2N2O/c1-2-16-13-8-10(5-6-17-13)18-12-7-9(14)3-4-11(12)15/h3-8H,2H2,1H3,(H,16,17). The number of hydrogen-bond donors (Lipinski definition) is 1. The van der Waals surface area contributed by atoms with Crippen LogP contribution in [0.4, 0.5) is 5.82 Å². The largest absolute Gasteiger partial charge is 0.456 e. The Labute approximate surface area is 116 Å². The Bertz CT molecular complexity index is 546. The van der Waals surface area contributed by atoms with Gasteiger partial charge in [-0.3, -0.25) is 0 Å². The molecule has 0 spiro atoms. The minimum atomic E-state index is 0.515. The van der Waals surface area contributed by atoms with E-state index in [-0.39, 0.29) is 0 Å². The van der Waals surface area contributed by atoms with Gasteiger partial charge in [-0.05, 0) is 25.1 Å². The third kappa shape index (κ3) is 3.28. The molecule has 1 aromatic carbocycles. The van der Waals surface area contributed by atoms with Crippen LogP contribution in [0.5, 0.6) is 11.5 Å². The fraction of sp³-hybridized carbons (Fsp3) is 0.154. The van der Waals surface area contributed by atoms with Crippen LogP contribution in [-0.2, 0) is 0 Å². The maximum atomic E-state index is 6.03. The highest BCUT2D eigenvalue weighted by atomic mass is 35.5. The molecule has 2 rings (SSSR count). The molecule has 0 radical (unpaired) electrons. The monoisotopic (exact) mass is 282 g/mol. The first kappa shape index (κ1) is 13.0. The molecule has 2 aromatic rings. The molecule has 0 amide bonds. The molecule has 1 aromatic heterocycles. The lowest BCUT2D eigenvalue weighted by Crippen LogP contribution is -1.98. The van der Waals surface area contributed by atoms with Gasteiger partial charge in [0.1, 0.15) is 17.3 Å². The van der Waals surface area contributed by atoms with Gasteiger partial charge in [-0.25, -0.2) is 4.98 Å². The molecule has 0 fully saturated rings. The van der Waals surface area contributed by atoms with Gasteiger partial charge in [-0.2, -0.15) is 0 Å². The summed E-state index contributed by atoms with van der Waals surface area (Å²) in [5.41, 5.74) is 0. The van der Waals surface area contributed by atoms with Crippen LogP contribution in [0.1, 0.15) is 6.92 Å². The molecule has 0 bridgehead atoms. The van der Waals surface area contributed by atoms with E-state index < -0.39 is 0 Å². The van der Waals surface area contributed by atoms with Gasteiger partial charge in [-0.1, -0.05) is 23.2 Å².